The minimum atomic E-state index is -0.346. The van der Waals surface area contributed by atoms with Gasteiger partial charge in [0.2, 0.25) is 0 Å². The molecule has 0 aliphatic heterocycles. The Balaban J connectivity index is 0.00000288. The second-order valence-corrected chi connectivity index (χ2v) is 4.97. The molecule has 0 amide bonds. The van der Waals surface area contributed by atoms with Crippen molar-refractivity contribution in [2.75, 3.05) is 20.2 Å². The average Bonchev–Trinajstić information content (AvgIpc) is 3.06. The van der Waals surface area contributed by atoms with Crippen LogP contribution in [0.25, 0.3) is 0 Å². The van der Waals surface area contributed by atoms with Gasteiger partial charge in [0.05, 0.1) is 6.61 Å². The summed E-state index contributed by atoms with van der Waals surface area (Å²) < 4.78 is 21.1. The molecule has 0 saturated heterocycles. The number of hydrogen-bond donors (Lipinski definition) is 2. The molecular weight excluding hydrogens is 422 g/mol. The number of rotatable bonds is 7. The first-order valence-corrected chi connectivity index (χ1v) is 7.69. The summed E-state index contributed by atoms with van der Waals surface area (Å²) in [5.41, 5.74) is 0.833. The third kappa shape index (κ3) is 6.38. The van der Waals surface area contributed by atoms with Crippen LogP contribution in [0.4, 0.5) is 4.39 Å². The second kappa shape index (κ2) is 10.9. The highest BCUT2D eigenvalue weighted by Gasteiger charge is 2.05. The Morgan fingerprint density at radius 3 is 2.62 bits per heavy atom. The van der Waals surface area contributed by atoms with Gasteiger partial charge in [-0.05, 0) is 36.8 Å². The van der Waals surface area contributed by atoms with Crippen LogP contribution in [0, 0.1) is 5.82 Å². The van der Waals surface area contributed by atoms with Gasteiger partial charge in [-0.25, -0.2) is 4.39 Å². The zero-order chi connectivity index (χ0) is 16.5. The molecule has 1 aromatic carbocycles. The molecular formula is C17H24FIN4O. The van der Waals surface area contributed by atoms with Crippen LogP contribution in [0.5, 0.6) is 5.75 Å². The van der Waals surface area contributed by atoms with Crippen molar-refractivity contribution in [3.63, 3.8) is 0 Å². The van der Waals surface area contributed by atoms with Crippen LogP contribution >= 0.6 is 24.0 Å². The number of halogens is 2. The quantitative estimate of drug-likeness (QED) is 0.391. The van der Waals surface area contributed by atoms with Crippen molar-refractivity contribution in [3.8, 4) is 5.75 Å². The van der Waals surface area contributed by atoms with Gasteiger partial charge < -0.3 is 19.9 Å². The van der Waals surface area contributed by atoms with Crippen LogP contribution in [-0.2, 0) is 13.1 Å². The smallest absolute Gasteiger partial charge is 0.191 e. The number of nitrogens with one attached hydrogen (secondary N) is 2. The number of ether oxygens (including phenoxy) is 1. The molecule has 1 aromatic heterocycles. The standard InChI is InChI=1S/C17H23FN4O.HI/c1-3-23-16-7-6-14(12-15(16)18)13-21-17(19-2)20-8-11-22-9-4-5-10-22;/h4-7,9-10,12H,3,8,11,13H2,1-2H3,(H2,19,20,21);1H. The van der Waals surface area contributed by atoms with E-state index in [1.54, 1.807) is 13.1 Å². The summed E-state index contributed by atoms with van der Waals surface area (Å²) in [5.74, 6) is 0.624. The summed E-state index contributed by atoms with van der Waals surface area (Å²) in [5, 5.41) is 6.39. The SMILES string of the molecule is CCOc1ccc(CNC(=NC)NCCn2cccc2)cc1F.I. The van der Waals surface area contributed by atoms with E-state index in [1.165, 1.54) is 6.07 Å². The summed E-state index contributed by atoms with van der Waals surface area (Å²) in [6.45, 7) is 4.38. The van der Waals surface area contributed by atoms with Gasteiger partial charge in [-0.15, -0.1) is 24.0 Å². The number of guanidine groups is 1. The topological polar surface area (TPSA) is 50.6 Å². The van der Waals surface area contributed by atoms with Gasteiger partial charge in [-0.3, -0.25) is 4.99 Å². The van der Waals surface area contributed by atoms with Crippen LogP contribution in [0.3, 0.4) is 0 Å². The van der Waals surface area contributed by atoms with Crippen molar-refractivity contribution in [1.29, 1.82) is 0 Å². The molecule has 7 heteroatoms. The number of benzene rings is 1. The van der Waals surface area contributed by atoms with E-state index in [0.717, 1.165) is 18.7 Å². The predicted molar refractivity (Wildman–Crippen MR) is 106 cm³/mol. The minimum absolute atomic E-state index is 0. The molecule has 0 unspecified atom stereocenters. The summed E-state index contributed by atoms with van der Waals surface area (Å²) in [4.78, 5) is 4.16. The Hall–Kier alpha value is -1.77. The van der Waals surface area contributed by atoms with E-state index < -0.39 is 0 Å². The van der Waals surface area contributed by atoms with Gasteiger partial charge in [0.25, 0.3) is 0 Å². The third-order valence-corrected chi connectivity index (χ3v) is 3.31. The number of nitrogens with zero attached hydrogens (tertiary/aromatic N) is 2. The lowest BCUT2D eigenvalue weighted by atomic mass is 10.2. The van der Waals surface area contributed by atoms with Crippen molar-refractivity contribution < 1.29 is 9.13 Å². The fraction of sp³-hybridized carbons (Fsp3) is 0.353. The molecule has 24 heavy (non-hydrogen) atoms. The Bertz CT molecular complexity index is 632. The van der Waals surface area contributed by atoms with Crippen LogP contribution in [0.1, 0.15) is 12.5 Å². The first-order chi connectivity index (χ1) is 11.2. The fourth-order valence-corrected chi connectivity index (χ4v) is 2.16. The average molecular weight is 446 g/mol. The Labute approximate surface area is 159 Å². The van der Waals surface area contributed by atoms with Crippen LogP contribution in [0.2, 0.25) is 0 Å². The molecule has 0 radical (unpaired) electrons. The molecule has 2 N–H and O–H groups in total. The molecule has 0 fully saturated rings. The van der Waals surface area contributed by atoms with Crippen LogP contribution in [0.15, 0.2) is 47.7 Å². The van der Waals surface area contributed by atoms with Crippen molar-refractivity contribution in [2.24, 2.45) is 4.99 Å². The summed E-state index contributed by atoms with van der Waals surface area (Å²) >= 11 is 0. The van der Waals surface area contributed by atoms with Crippen molar-refractivity contribution in [1.82, 2.24) is 15.2 Å². The number of aromatic nitrogens is 1. The molecule has 0 bridgehead atoms. The normalized spacial score (nSPS) is 10.9. The van der Waals surface area contributed by atoms with Gasteiger partial charge in [0.1, 0.15) is 0 Å². The van der Waals surface area contributed by atoms with Gasteiger partial charge in [0, 0.05) is 39.1 Å². The molecule has 2 aromatic rings. The highest BCUT2D eigenvalue weighted by molar-refractivity contribution is 14.0. The lowest BCUT2D eigenvalue weighted by molar-refractivity contribution is 0.321. The van der Waals surface area contributed by atoms with Crippen LogP contribution in [-0.4, -0.2) is 30.7 Å². The number of aliphatic imine (C=N–C) groups is 1. The Kier molecular flexibility index (Phi) is 9.21. The molecule has 0 aliphatic carbocycles. The van der Waals surface area contributed by atoms with Crippen LogP contribution < -0.4 is 15.4 Å². The first-order valence-electron chi connectivity index (χ1n) is 7.69. The van der Waals surface area contributed by atoms with Gasteiger partial charge in [0.15, 0.2) is 17.5 Å². The lowest BCUT2D eigenvalue weighted by Crippen LogP contribution is -2.38. The van der Waals surface area contributed by atoms with Crippen molar-refractivity contribution in [3.05, 3.63) is 54.1 Å². The van der Waals surface area contributed by atoms with E-state index in [-0.39, 0.29) is 35.5 Å². The summed E-state index contributed by atoms with van der Waals surface area (Å²) in [6.07, 6.45) is 4.03. The van der Waals surface area contributed by atoms with Gasteiger partial charge >= 0.3 is 0 Å². The minimum Gasteiger partial charge on any atom is -0.491 e. The number of hydrogen-bond acceptors (Lipinski definition) is 2. The van der Waals surface area contributed by atoms with Crippen molar-refractivity contribution in [2.45, 2.75) is 20.0 Å². The zero-order valence-corrected chi connectivity index (χ0v) is 16.3. The molecule has 0 atom stereocenters. The highest BCUT2D eigenvalue weighted by atomic mass is 127. The van der Waals surface area contributed by atoms with E-state index >= 15 is 0 Å². The van der Waals surface area contributed by atoms with E-state index in [2.05, 4.69) is 20.2 Å². The predicted octanol–water partition coefficient (Wildman–Crippen LogP) is 3.01. The largest absolute Gasteiger partial charge is 0.491 e. The van der Waals surface area contributed by atoms with E-state index in [1.807, 2.05) is 37.5 Å². The molecule has 5 nitrogen and oxygen atoms in total. The Morgan fingerprint density at radius 2 is 2.00 bits per heavy atom. The molecule has 1 heterocycles. The molecule has 0 spiro atoms. The van der Waals surface area contributed by atoms with Gasteiger partial charge in [-0.2, -0.15) is 0 Å². The van der Waals surface area contributed by atoms with Crippen molar-refractivity contribution >= 4 is 29.9 Å². The molecule has 132 valence electrons. The highest BCUT2D eigenvalue weighted by Crippen LogP contribution is 2.18. The maximum absolute atomic E-state index is 13.8. The maximum atomic E-state index is 13.8. The monoisotopic (exact) mass is 446 g/mol. The first kappa shape index (κ1) is 20.3. The van der Waals surface area contributed by atoms with E-state index in [9.17, 15) is 4.39 Å². The second-order valence-electron chi connectivity index (χ2n) is 4.97. The van der Waals surface area contributed by atoms with E-state index in [0.29, 0.717) is 19.1 Å². The maximum Gasteiger partial charge on any atom is 0.191 e. The molecule has 2 rings (SSSR count). The van der Waals surface area contributed by atoms with Gasteiger partial charge in [-0.1, -0.05) is 6.07 Å². The van der Waals surface area contributed by atoms with E-state index in [4.69, 9.17) is 4.74 Å². The summed E-state index contributed by atoms with van der Waals surface area (Å²) in [6, 6.07) is 8.96. The summed E-state index contributed by atoms with van der Waals surface area (Å²) in [7, 11) is 1.71. The third-order valence-electron chi connectivity index (χ3n) is 3.31. The fourth-order valence-electron chi connectivity index (χ4n) is 2.16. The Morgan fingerprint density at radius 1 is 1.25 bits per heavy atom. The zero-order valence-electron chi connectivity index (χ0n) is 14.0. The molecule has 0 aliphatic rings. The molecule has 0 saturated carbocycles. The lowest BCUT2D eigenvalue weighted by Gasteiger charge is -2.13.